The maximum absolute atomic E-state index is 4.44. The normalized spacial score (nSPS) is 12.6. The summed E-state index contributed by atoms with van der Waals surface area (Å²) in [5.41, 5.74) is 4.03. The highest BCUT2D eigenvalue weighted by molar-refractivity contribution is 5.32. The fourth-order valence-electron chi connectivity index (χ4n) is 2.62. The van der Waals surface area contributed by atoms with Crippen molar-refractivity contribution in [3.05, 3.63) is 53.1 Å². The van der Waals surface area contributed by atoms with E-state index in [1.165, 1.54) is 16.7 Å². The molecule has 1 atom stereocenters. The van der Waals surface area contributed by atoms with Gasteiger partial charge in [0.2, 0.25) is 0 Å². The molecule has 0 saturated carbocycles. The first-order chi connectivity index (χ1) is 9.61. The zero-order valence-electron chi connectivity index (χ0n) is 13.0. The van der Waals surface area contributed by atoms with Gasteiger partial charge in [-0.1, -0.05) is 30.7 Å². The number of hydrogen-bond acceptors (Lipinski definition) is 2. The van der Waals surface area contributed by atoms with E-state index >= 15 is 0 Å². The minimum atomic E-state index is 0.336. The number of benzene rings is 1. The van der Waals surface area contributed by atoms with Crippen LogP contribution in [0, 0.1) is 13.8 Å². The molecule has 1 heterocycles. The Morgan fingerprint density at radius 3 is 2.80 bits per heavy atom. The number of rotatable bonds is 6. The molecule has 1 aromatic heterocycles. The van der Waals surface area contributed by atoms with E-state index in [4.69, 9.17) is 0 Å². The Labute approximate surface area is 122 Å². The monoisotopic (exact) mass is 271 g/mol. The second kappa shape index (κ2) is 6.71. The Bertz CT molecular complexity index is 557. The van der Waals surface area contributed by atoms with Gasteiger partial charge >= 0.3 is 0 Å². The third-order valence-corrected chi connectivity index (χ3v) is 3.72. The summed E-state index contributed by atoms with van der Waals surface area (Å²) in [4.78, 5) is 4.44. The molecule has 3 nitrogen and oxygen atoms in total. The predicted molar refractivity (Wildman–Crippen MR) is 83.7 cm³/mol. The van der Waals surface area contributed by atoms with Crippen molar-refractivity contribution >= 4 is 0 Å². The molecule has 3 heteroatoms. The third-order valence-electron chi connectivity index (χ3n) is 3.72. The van der Waals surface area contributed by atoms with Gasteiger partial charge in [0, 0.05) is 25.0 Å². The molecule has 0 saturated heterocycles. The SMILES string of the molecule is CCCn1ccnc1CNC(C)c1ccc(C)cc1C. The molecule has 20 heavy (non-hydrogen) atoms. The summed E-state index contributed by atoms with van der Waals surface area (Å²) in [6.07, 6.45) is 5.08. The van der Waals surface area contributed by atoms with E-state index in [-0.39, 0.29) is 0 Å². The fourth-order valence-corrected chi connectivity index (χ4v) is 2.62. The topological polar surface area (TPSA) is 29.9 Å². The standard InChI is InChI=1S/C17H25N3/c1-5-9-20-10-8-18-17(20)12-19-15(4)16-7-6-13(2)11-14(16)3/h6-8,10-11,15,19H,5,9,12H2,1-4H3. The number of nitrogens with zero attached hydrogens (tertiary/aromatic N) is 2. The molecule has 0 bridgehead atoms. The van der Waals surface area contributed by atoms with Gasteiger partial charge in [0.1, 0.15) is 5.82 Å². The van der Waals surface area contributed by atoms with Gasteiger partial charge in [0.05, 0.1) is 6.54 Å². The van der Waals surface area contributed by atoms with Crippen LogP contribution < -0.4 is 5.32 Å². The minimum Gasteiger partial charge on any atom is -0.334 e. The highest BCUT2D eigenvalue weighted by atomic mass is 15.1. The van der Waals surface area contributed by atoms with Gasteiger partial charge in [-0.2, -0.15) is 0 Å². The average Bonchev–Trinajstić information content (AvgIpc) is 2.84. The first-order valence-electron chi connectivity index (χ1n) is 7.42. The first kappa shape index (κ1) is 14.8. The lowest BCUT2D eigenvalue weighted by atomic mass is 10.0. The Hall–Kier alpha value is -1.61. The van der Waals surface area contributed by atoms with Gasteiger partial charge in [-0.15, -0.1) is 0 Å². The second-order valence-corrected chi connectivity index (χ2v) is 5.50. The summed E-state index contributed by atoms with van der Waals surface area (Å²) in [6, 6.07) is 6.98. The number of hydrogen-bond donors (Lipinski definition) is 1. The van der Waals surface area contributed by atoms with Gasteiger partial charge in [-0.25, -0.2) is 4.98 Å². The molecule has 2 rings (SSSR count). The molecule has 0 aliphatic rings. The summed E-state index contributed by atoms with van der Waals surface area (Å²) < 4.78 is 2.22. The quantitative estimate of drug-likeness (QED) is 0.867. The van der Waals surface area contributed by atoms with Gasteiger partial charge in [-0.3, -0.25) is 0 Å². The van der Waals surface area contributed by atoms with Crippen LogP contribution in [0.15, 0.2) is 30.6 Å². The first-order valence-corrected chi connectivity index (χ1v) is 7.42. The zero-order chi connectivity index (χ0) is 14.5. The summed E-state index contributed by atoms with van der Waals surface area (Å²) >= 11 is 0. The molecule has 0 radical (unpaired) electrons. The van der Waals surface area contributed by atoms with Crippen molar-refractivity contribution in [3.8, 4) is 0 Å². The Kier molecular flexibility index (Phi) is 4.96. The van der Waals surface area contributed by atoms with Crippen LogP contribution in [0.2, 0.25) is 0 Å². The van der Waals surface area contributed by atoms with Gasteiger partial charge in [0.25, 0.3) is 0 Å². The van der Waals surface area contributed by atoms with E-state index in [1.807, 2.05) is 6.20 Å². The third kappa shape index (κ3) is 3.48. The van der Waals surface area contributed by atoms with E-state index < -0.39 is 0 Å². The molecule has 0 amide bonds. The van der Waals surface area contributed by atoms with Crippen molar-refractivity contribution < 1.29 is 0 Å². The van der Waals surface area contributed by atoms with Crippen LogP contribution in [0.1, 0.15) is 48.8 Å². The number of nitrogens with one attached hydrogen (secondary N) is 1. The summed E-state index contributed by atoms with van der Waals surface area (Å²) in [6.45, 7) is 10.6. The lowest BCUT2D eigenvalue weighted by Gasteiger charge is -2.17. The Morgan fingerprint density at radius 1 is 1.30 bits per heavy atom. The Balaban J connectivity index is 2.01. The van der Waals surface area contributed by atoms with Crippen LogP contribution in [0.3, 0.4) is 0 Å². The van der Waals surface area contributed by atoms with Crippen LogP contribution in [-0.2, 0) is 13.1 Å². The van der Waals surface area contributed by atoms with Crippen molar-refractivity contribution in [1.82, 2.24) is 14.9 Å². The maximum Gasteiger partial charge on any atom is 0.122 e. The van der Waals surface area contributed by atoms with E-state index in [1.54, 1.807) is 0 Å². The van der Waals surface area contributed by atoms with Crippen LogP contribution in [0.4, 0.5) is 0 Å². The lowest BCUT2D eigenvalue weighted by molar-refractivity contribution is 0.530. The van der Waals surface area contributed by atoms with Crippen molar-refractivity contribution in [1.29, 1.82) is 0 Å². The number of aryl methyl sites for hydroxylation is 3. The minimum absolute atomic E-state index is 0.336. The highest BCUT2D eigenvalue weighted by Gasteiger charge is 2.09. The molecule has 1 unspecified atom stereocenters. The van der Waals surface area contributed by atoms with Crippen LogP contribution in [0.5, 0.6) is 0 Å². The molecule has 0 aliphatic carbocycles. The molecular weight excluding hydrogens is 246 g/mol. The summed E-state index contributed by atoms with van der Waals surface area (Å²) in [5, 5.41) is 3.58. The number of imidazole rings is 1. The van der Waals surface area contributed by atoms with Crippen LogP contribution in [0.25, 0.3) is 0 Å². The molecule has 0 fully saturated rings. The van der Waals surface area contributed by atoms with Crippen LogP contribution >= 0.6 is 0 Å². The van der Waals surface area contributed by atoms with Crippen LogP contribution in [-0.4, -0.2) is 9.55 Å². The summed E-state index contributed by atoms with van der Waals surface area (Å²) in [7, 11) is 0. The average molecular weight is 271 g/mol. The smallest absolute Gasteiger partial charge is 0.122 e. The van der Waals surface area contributed by atoms with Crippen molar-refractivity contribution in [3.63, 3.8) is 0 Å². The lowest BCUT2D eigenvalue weighted by Crippen LogP contribution is -2.21. The maximum atomic E-state index is 4.44. The van der Waals surface area contributed by atoms with Gasteiger partial charge in [-0.05, 0) is 38.3 Å². The molecule has 2 aromatic rings. The molecule has 1 aromatic carbocycles. The Morgan fingerprint density at radius 2 is 2.10 bits per heavy atom. The predicted octanol–water partition coefficient (Wildman–Crippen LogP) is 3.76. The second-order valence-electron chi connectivity index (χ2n) is 5.50. The highest BCUT2D eigenvalue weighted by Crippen LogP contribution is 2.18. The molecular formula is C17H25N3. The number of aromatic nitrogens is 2. The van der Waals surface area contributed by atoms with E-state index in [0.717, 1.165) is 25.3 Å². The summed E-state index contributed by atoms with van der Waals surface area (Å²) in [5.74, 6) is 1.11. The fraction of sp³-hybridized carbons (Fsp3) is 0.471. The van der Waals surface area contributed by atoms with Gasteiger partial charge < -0.3 is 9.88 Å². The van der Waals surface area contributed by atoms with E-state index in [0.29, 0.717) is 6.04 Å². The molecule has 1 N–H and O–H groups in total. The van der Waals surface area contributed by atoms with E-state index in [9.17, 15) is 0 Å². The van der Waals surface area contributed by atoms with Crippen molar-refractivity contribution in [2.45, 2.75) is 53.2 Å². The van der Waals surface area contributed by atoms with E-state index in [2.05, 4.69) is 67.0 Å². The largest absolute Gasteiger partial charge is 0.334 e. The van der Waals surface area contributed by atoms with Crippen molar-refractivity contribution in [2.24, 2.45) is 0 Å². The molecule has 108 valence electrons. The van der Waals surface area contributed by atoms with Gasteiger partial charge in [0.15, 0.2) is 0 Å². The molecule has 0 spiro atoms. The zero-order valence-corrected chi connectivity index (χ0v) is 13.0. The van der Waals surface area contributed by atoms with Crippen molar-refractivity contribution in [2.75, 3.05) is 0 Å². The molecule has 0 aliphatic heterocycles.